The summed E-state index contributed by atoms with van der Waals surface area (Å²) in [6.45, 7) is 7.66. The zero-order valence-electron chi connectivity index (χ0n) is 17.0. The lowest BCUT2D eigenvalue weighted by Crippen LogP contribution is -2.50. The Morgan fingerprint density at radius 2 is 1.72 bits per heavy atom. The number of rotatable bonds is 8. The molecule has 0 saturated heterocycles. The van der Waals surface area contributed by atoms with E-state index in [9.17, 15) is 9.59 Å². The first-order chi connectivity index (χ1) is 13.7. The lowest BCUT2D eigenvalue weighted by Gasteiger charge is -2.29. The Hall–Kier alpha value is -1.86. The molecule has 2 aromatic carbocycles. The molecule has 1 N–H and O–H groups in total. The fourth-order valence-electron chi connectivity index (χ4n) is 2.71. The molecule has 156 valence electrons. The fraction of sp³-hybridized carbons (Fsp3) is 0.364. The van der Waals surface area contributed by atoms with Gasteiger partial charge < -0.3 is 15.0 Å². The molecule has 0 heterocycles. The van der Waals surface area contributed by atoms with Crippen molar-refractivity contribution in [2.75, 3.05) is 6.61 Å². The fourth-order valence-corrected chi connectivity index (χ4v) is 3.22. The smallest absolute Gasteiger partial charge is 0.261 e. The average molecular weight is 526 g/mol. The SMILES string of the molecule is Cc1cc(OCC(=O)N(Cc2ccc(Br)cc2)[C@H](C)C(=O)NC(C)C)ccc1Br. The summed E-state index contributed by atoms with van der Waals surface area (Å²) in [5.74, 6) is 0.173. The second kappa shape index (κ2) is 10.8. The highest BCUT2D eigenvalue weighted by molar-refractivity contribution is 9.10. The van der Waals surface area contributed by atoms with E-state index in [2.05, 4.69) is 37.2 Å². The van der Waals surface area contributed by atoms with Gasteiger partial charge in [0, 0.05) is 21.5 Å². The number of aryl methyl sites for hydroxylation is 1. The van der Waals surface area contributed by atoms with Crippen LogP contribution in [-0.4, -0.2) is 35.4 Å². The van der Waals surface area contributed by atoms with Gasteiger partial charge in [-0.05, 0) is 69.2 Å². The van der Waals surface area contributed by atoms with Crippen LogP contribution < -0.4 is 10.1 Å². The molecule has 2 amide bonds. The van der Waals surface area contributed by atoms with Crippen LogP contribution in [0.15, 0.2) is 51.4 Å². The molecule has 0 radical (unpaired) electrons. The summed E-state index contributed by atoms with van der Waals surface area (Å²) in [6.07, 6.45) is 0. The number of halogens is 2. The number of benzene rings is 2. The number of nitrogens with zero attached hydrogens (tertiary/aromatic N) is 1. The highest BCUT2D eigenvalue weighted by atomic mass is 79.9. The molecular formula is C22H26Br2N2O3. The van der Waals surface area contributed by atoms with E-state index in [4.69, 9.17) is 4.74 Å². The zero-order chi connectivity index (χ0) is 21.6. The maximum absolute atomic E-state index is 13.0. The van der Waals surface area contributed by atoms with Crippen molar-refractivity contribution in [3.8, 4) is 5.75 Å². The Morgan fingerprint density at radius 3 is 2.31 bits per heavy atom. The van der Waals surface area contributed by atoms with Crippen molar-refractivity contribution >= 4 is 43.7 Å². The minimum Gasteiger partial charge on any atom is -0.484 e. The Kier molecular flexibility index (Phi) is 8.71. The first kappa shape index (κ1) is 23.4. The van der Waals surface area contributed by atoms with Gasteiger partial charge in [-0.25, -0.2) is 0 Å². The molecule has 5 nitrogen and oxygen atoms in total. The Balaban J connectivity index is 2.15. The lowest BCUT2D eigenvalue weighted by molar-refractivity contribution is -0.142. The first-order valence-electron chi connectivity index (χ1n) is 9.40. The maximum Gasteiger partial charge on any atom is 0.261 e. The van der Waals surface area contributed by atoms with Crippen molar-refractivity contribution in [2.24, 2.45) is 0 Å². The van der Waals surface area contributed by atoms with Crippen molar-refractivity contribution in [1.82, 2.24) is 10.2 Å². The predicted molar refractivity (Wildman–Crippen MR) is 122 cm³/mol. The van der Waals surface area contributed by atoms with E-state index in [1.54, 1.807) is 17.9 Å². The third kappa shape index (κ3) is 7.16. The summed E-state index contributed by atoms with van der Waals surface area (Å²) in [4.78, 5) is 27.1. The van der Waals surface area contributed by atoms with Gasteiger partial charge in [-0.1, -0.05) is 44.0 Å². The standard InChI is InChI=1S/C22H26Br2N2O3/c1-14(2)25-22(28)16(4)26(12-17-5-7-18(23)8-6-17)21(27)13-29-19-9-10-20(24)15(3)11-19/h5-11,14,16H,12-13H2,1-4H3,(H,25,28)/t16-/m1/s1. The number of hydrogen-bond donors (Lipinski definition) is 1. The van der Waals surface area contributed by atoms with Gasteiger partial charge in [-0.15, -0.1) is 0 Å². The molecule has 0 fully saturated rings. The third-order valence-corrected chi connectivity index (χ3v) is 5.77. The molecular weight excluding hydrogens is 500 g/mol. The van der Waals surface area contributed by atoms with E-state index in [-0.39, 0.29) is 24.5 Å². The monoisotopic (exact) mass is 524 g/mol. The van der Waals surface area contributed by atoms with E-state index in [1.165, 1.54) is 0 Å². The molecule has 1 atom stereocenters. The van der Waals surface area contributed by atoms with Gasteiger partial charge in [0.25, 0.3) is 5.91 Å². The van der Waals surface area contributed by atoms with E-state index >= 15 is 0 Å². The highest BCUT2D eigenvalue weighted by Crippen LogP contribution is 2.22. The summed E-state index contributed by atoms with van der Waals surface area (Å²) in [6, 6.07) is 12.6. The minimum absolute atomic E-state index is 0.00317. The highest BCUT2D eigenvalue weighted by Gasteiger charge is 2.26. The zero-order valence-corrected chi connectivity index (χ0v) is 20.2. The van der Waals surface area contributed by atoms with Crippen LogP contribution in [0.5, 0.6) is 5.75 Å². The topological polar surface area (TPSA) is 58.6 Å². The molecule has 29 heavy (non-hydrogen) atoms. The number of amides is 2. The molecule has 0 bridgehead atoms. The summed E-state index contributed by atoms with van der Waals surface area (Å²) in [5, 5.41) is 2.87. The first-order valence-corrected chi connectivity index (χ1v) is 11.0. The van der Waals surface area contributed by atoms with Gasteiger partial charge in [0.15, 0.2) is 6.61 Å². The quantitative estimate of drug-likeness (QED) is 0.536. The minimum atomic E-state index is -0.621. The molecule has 0 aliphatic rings. The summed E-state index contributed by atoms with van der Waals surface area (Å²) in [7, 11) is 0. The lowest BCUT2D eigenvalue weighted by atomic mass is 10.1. The van der Waals surface area contributed by atoms with Gasteiger partial charge in [0.1, 0.15) is 11.8 Å². The van der Waals surface area contributed by atoms with Gasteiger partial charge in [0.05, 0.1) is 0 Å². The van der Waals surface area contributed by atoms with E-state index in [0.29, 0.717) is 12.3 Å². The van der Waals surface area contributed by atoms with Gasteiger partial charge in [-0.2, -0.15) is 0 Å². The number of carbonyl (C=O) groups is 2. The van der Waals surface area contributed by atoms with Crippen molar-refractivity contribution in [1.29, 1.82) is 0 Å². The molecule has 0 aliphatic carbocycles. The number of ether oxygens (including phenoxy) is 1. The van der Waals surface area contributed by atoms with Crippen LogP contribution in [0.2, 0.25) is 0 Å². The van der Waals surface area contributed by atoms with Crippen molar-refractivity contribution in [2.45, 2.75) is 46.3 Å². The number of nitrogens with one attached hydrogen (secondary N) is 1. The number of carbonyl (C=O) groups excluding carboxylic acids is 2. The summed E-state index contributed by atoms with van der Waals surface area (Å²) < 4.78 is 7.64. The molecule has 0 aromatic heterocycles. The Morgan fingerprint density at radius 1 is 1.07 bits per heavy atom. The van der Waals surface area contributed by atoms with Crippen LogP contribution in [0.4, 0.5) is 0 Å². The van der Waals surface area contributed by atoms with Crippen molar-refractivity contribution in [3.63, 3.8) is 0 Å². The van der Waals surface area contributed by atoms with Crippen LogP contribution in [-0.2, 0) is 16.1 Å². The van der Waals surface area contributed by atoms with Gasteiger partial charge in [-0.3, -0.25) is 9.59 Å². The second-order valence-corrected chi connectivity index (χ2v) is 8.96. The van der Waals surface area contributed by atoms with Crippen LogP contribution >= 0.6 is 31.9 Å². The number of hydrogen-bond acceptors (Lipinski definition) is 3. The summed E-state index contributed by atoms with van der Waals surface area (Å²) >= 11 is 6.86. The molecule has 0 spiro atoms. The molecule has 2 rings (SSSR count). The summed E-state index contributed by atoms with van der Waals surface area (Å²) in [5.41, 5.74) is 1.96. The van der Waals surface area contributed by atoms with E-state index in [0.717, 1.165) is 20.1 Å². The molecule has 2 aromatic rings. The van der Waals surface area contributed by atoms with Gasteiger partial charge in [0.2, 0.25) is 5.91 Å². The molecule has 0 aliphatic heterocycles. The molecule has 0 unspecified atom stereocenters. The third-order valence-electron chi connectivity index (χ3n) is 4.36. The van der Waals surface area contributed by atoms with Crippen LogP contribution in [0.1, 0.15) is 31.9 Å². The van der Waals surface area contributed by atoms with Crippen LogP contribution in [0.25, 0.3) is 0 Å². The van der Waals surface area contributed by atoms with Crippen LogP contribution in [0, 0.1) is 6.92 Å². The van der Waals surface area contributed by atoms with Crippen molar-refractivity contribution < 1.29 is 14.3 Å². The van der Waals surface area contributed by atoms with E-state index in [1.807, 2.05) is 57.2 Å². The van der Waals surface area contributed by atoms with Crippen molar-refractivity contribution in [3.05, 3.63) is 62.5 Å². The Labute approximate surface area is 189 Å². The Bertz CT molecular complexity index is 854. The predicted octanol–water partition coefficient (Wildman–Crippen LogP) is 4.84. The normalized spacial score (nSPS) is 11.8. The van der Waals surface area contributed by atoms with Crippen LogP contribution in [0.3, 0.4) is 0 Å². The largest absolute Gasteiger partial charge is 0.484 e. The van der Waals surface area contributed by atoms with E-state index < -0.39 is 6.04 Å². The maximum atomic E-state index is 13.0. The van der Waals surface area contributed by atoms with Gasteiger partial charge >= 0.3 is 0 Å². The second-order valence-electron chi connectivity index (χ2n) is 7.19. The molecule has 0 saturated carbocycles. The molecule has 7 heteroatoms. The average Bonchev–Trinajstić information content (AvgIpc) is 2.67.